The lowest BCUT2D eigenvalue weighted by atomic mass is 9.93. The normalized spacial score (nSPS) is 18.6. The number of benzene rings is 1. The fourth-order valence-corrected chi connectivity index (χ4v) is 5.07. The van der Waals surface area contributed by atoms with E-state index in [-0.39, 0.29) is 24.1 Å². The Morgan fingerprint density at radius 2 is 1.87 bits per heavy atom. The molecule has 1 aliphatic carbocycles. The zero-order valence-electron chi connectivity index (χ0n) is 18.3. The minimum atomic E-state index is -0.365. The molecule has 0 bridgehead atoms. The number of nitrogens with one attached hydrogen (secondary N) is 1. The predicted octanol–water partition coefficient (Wildman–Crippen LogP) is 4.26. The first-order chi connectivity index (χ1) is 15.0. The number of aryl methyl sites for hydroxylation is 4. The summed E-state index contributed by atoms with van der Waals surface area (Å²) < 4.78 is 17.5. The Balaban J connectivity index is 1.44. The van der Waals surface area contributed by atoms with E-state index in [1.165, 1.54) is 12.0 Å². The molecule has 1 saturated heterocycles. The summed E-state index contributed by atoms with van der Waals surface area (Å²) in [5.41, 5.74) is 4.71. The van der Waals surface area contributed by atoms with Crippen molar-refractivity contribution in [3.8, 4) is 0 Å². The molecule has 0 saturated carbocycles. The van der Waals surface area contributed by atoms with Crippen LogP contribution in [0.15, 0.2) is 19.7 Å². The molecule has 2 aliphatic rings. The minimum Gasteiger partial charge on any atom is -0.460 e. The standard InChI is InChI=1S/C25H29NO5/c1-14-17(9-10-22(27)26-13-16-6-5-11-29-16)25(28)31-23-15(2)24-20(12-19(14)23)18-7-3-4-8-21(18)30-24/h12,16H,3-11,13H2,1-2H3,(H,26,27)/t16-/m1/s1. The van der Waals surface area contributed by atoms with Crippen LogP contribution >= 0.6 is 0 Å². The van der Waals surface area contributed by atoms with E-state index in [4.69, 9.17) is 13.6 Å². The molecule has 6 heteroatoms. The van der Waals surface area contributed by atoms with Gasteiger partial charge >= 0.3 is 5.63 Å². The first kappa shape index (κ1) is 20.3. The zero-order valence-corrected chi connectivity index (χ0v) is 18.3. The van der Waals surface area contributed by atoms with Gasteiger partial charge < -0.3 is 18.9 Å². The van der Waals surface area contributed by atoms with Crippen molar-refractivity contribution in [3.63, 3.8) is 0 Å². The molecule has 1 atom stereocenters. The van der Waals surface area contributed by atoms with Crippen LogP contribution in [-0.2, 0) is 28.8 Å². The molecule has 0 spiro atoms. The average molecular weight is 424 g/mol. The van der Waals surface area contributed by atoms with Gasteiger partial charge in [0.25, 0.3) is 0 Å². The molecule has 0 unspecified atom stereocenters. The Kier molecular flexibility index (Phi) is 5.34. The summed E-state index contributed by atoms with van der Waals surface area (Å²) in [4.78, 5) is 25.1. The molecule has 31 heavy (non-hydrogen) atoms. The molecule has 0 radical (unpaired) electrons. The number of ether oxygens (including phenoxy) is 1. The molecular weight excluding hydrogens is 394 g/mol. The summed E-state index contributed by atoms with van der Waals surface area (Å²) in [6.45, 7) is 5.22. The third-order valence-electron chi connectivity index (χ3n) is 6.88. The highest BCUT2D eigenvalue weighted by Crippen LogP contribution is 2.37. The lowest BCUT2D eigenvalue weighted by Crippen LogP contribution is -2.32. The Morgan fingerprint density at radius 1 is 1.06 bits per heavy atom. The van der Waals surface area contributed by atoms with Crippen LogP contribution in [0.25, 0.3) is 21.9 Å². The number of rotatable bonds is 5. The SMILES string of the molecule is Cc1c(CCC(=O)NC[C@H]2CCCO2)c(=O)oc2c(C)c3oc4c(c3cc12)CCCC4. The number of hydrogen-bond donors (Lipinski definition) is 1. The van der Waals surface area contributed by atoms with Crippen LogP contribution in [0.1, 0.15) is 60.1 Å². The monoisotopic (exact) mass is 423 g/mol. The van der Waals surface area contributed by atoms with Gasteiger partial charge in [-0.2, -0.15) is 0 Å². The topological polar surface area (TPSA) is 81.7 Å². The Bertz CT molecular complexity index is 1210. The van der Waals surface area contributed by atoms with Crippen molar-refractivity contribution in [3.05, 3.63) is 44.5 Å². The van der Waals surface area contributed by atoms with Crippen molar-refractivity contribution in [2.75, 3.05) is 13.2 Å². The Morgan fingerprint density at radius 3 is 2.68 bits per heavy atom. The molecule has 1 aromatic carbocycles. The van der Waals surface area contributed by atoms with Crippen LogP contribution in [0.4, 0.5) is 0 Å². The molecule has 1 aliphatic heterocycles. The van der Waals surface area contributed by atoms with Gasteiger partial charge in [0.1, 0.15) is 16.9 Å². The molecule has 1 amide bonds. The molecule has 3 heterocycles. The highest BCUT2D eigenvalue weighted by atomic mass is 16.5. The second kappa shape index (κ2) is 8.15. The summed E-state index contributed by atoms with van der Waals surface area (Å²) in [5.74, 6) is 1.01. The van der Waals surface area contributed by atoms with Gasteiger partial charge in [-0.3, -0.25) is 4.79 Å². The van der Waals surface area contributed by atoms with Gasteiger partial charge in [-0.1, -0.05) is 0 Å². The molecule has 1 fully saturated rings. The molecule has 6 nitrogen and oxygen atoms in total. The van der Waals surface area contributed by atoms with Gasteiger partial charge in [-0.05, 0) is 64.0 Å². The summed E-state index contributed by atoms with van der Waals surface area (Å²) in [7, 11) is 0. The average Bonchev–Trinajstić information content (AvgIpc) is 3.41. The van der Waals surface area contributed by atoms with Crippen LogP contribution in [-0.4, -0.2) is 25.2 Å². The molecule has 164 valence electrons. The van der Waals surface area contributed by atoms with E-state index in [9.17, 15) is 9.59 Å². The number of furan rings is 1. The third kappa shape index (κ3) is 3.67. The first-order valence-corrected chi connectivity index (χ1v) is 11.4. The van der Waals surface area contributed by atoms with E-state index >= 15 is 0 Å². The van der Waals surface area contributed by atoms with Crippen LogP contribution in [0.2, 0.25) is 0 Å². The van der Waals surface area contributed by atoms with Crippen LogP contribution in [0, 0.1) is 13.8 Å². The van der Waals surface area contributed by atoms with Crippen LogP contribution < -0.4 is 10.9 Å². The second-order valence-electron chi connectivity index (χ2n) is 8.90. The third-order valence-corrected chi connectivity index (χ3v) is 6.88. The van der Waals surface area contributed by atoms with Gasteiger partial charge in [0.15, 0.2) is 0 Å². The highest BCUT2D eigenvalue weighted by molar-refractivity contribution is 6.00. The van der Waals surface area contributed by atoms with Gasteiger partial charge in [0.2, 0.25) is 5.91 Å². The van der Waals surface area contributed by atoms with Crippen molar-refractivity contribution in [2.24, 2.45) is 0 Å². The Labute approximate surface area is 180 Å². The van der Waals surface area contributed by atoms with E-state index in [0.29, 0.717) is 24.1 Å². The second-order valence-corrected chi connectivity index (χ2v) is 8.90. The van der Waals surface area contributed by atoms with Crippen LogP contribution in [0.5, 0.6) is 0 Å². The number of carbonyl (C=O) groups excluding carboxylic acids is 1. The molecule has 5 rings (SSSR count). The summed E-state index contributed by atoms with van der Waals surface area (Å²) in [6.07, 6.45) is 7.09. The maximum atomic E-state index is 12.8. The zero-order chi connectivity index (χ0) is 21.5. The number of amides is 1. The number of hydrogen-bond acceptors (Lipinski definition) is 5. The molecule has 3 aromatic rings. The smallest absolute Gasteiger partial charge is 0.339 e. The van der Waals surface area contributed by atoms with Gasteiger partial charge in [0.05, 0.1) is 6.10 Å². The maximum absolute atomic E-state index is 12.8. The van der Waals surface area contributed by atoms with Gasteiger partial charge in [-0.15, -0.1) is 0 Å². The van der Waals surface area contributed by atoms with Crippen molar-refractivity contribution in [1.29, 1.82) is 0 Å². The summed E-state index contributed by atoms with van der Waals surface area (Å²) in [5, 5.41) is 5.00. The van der Waals surface area contributed by atoms with E-state index in [1.54, 1.807) is 0 Å². The maximum Gasteiger partial charge on any atom is 0.339 e. The van der Waals surface area contributed by atoms with Gasteiger partial charge in [0, 0.05) is 53.5 Å². The summed E-state index contributed by atoms with van der Waals surface area (Å²) >= 11 is 0. The van der Waals surface area contributed by atoms with E-state index in [1.807, 2.05) is 13.8 Å². The van der Waals surface area contributed by atoms with Gasteiger partial charge in [-0.25, -0.2) is 4.79 Å². The molecular formula is C25H29NO5. The van der Waals surface area contributed by atoms with Crippen molar-refractivity contribution in [2.45, 2.75) is 71.3 Å². The lowest BCUT2D eigenvalue weighted by molar-refractivity contribution is -0.121. The summed E-state index contributed by atoms with van der Waals surface area (Å²) in [6, 6.07) is 2.12. The largest absolute Gasteiger partial charge is 0.460 e. The minimum absolute atomic E-state index is 0.0649. The number of fused-ring (bicyclic) bond motifs is 4. The van der Waals surface area contributed by atoms with E-state index in [0.717, 1.165) is 72.0 Å². The molecule has 2 aromatic heterocycles. The Hall–Kier alpha value is -2.60. The predicted molar refractivity (Wildman–Crippen MR) is 119 cm³/mol. The number of carbonyl (C=O) groups is 1. The van der Waals surface area contributed by atoms with E-state index < -0.39 is 0 Å². The quantitative estimate of drug-likeness (QED) is 0.620. The van der Waals surface area contributed by atoms with Crippen molar-refractivity contribution < 1.29 is 18.4 Å². The fraction of sp³-hybridized carbons (Fsp3) is 0.520. The first-order valence-electron chi connectivity index (χ1n) is 11.4. The van der Waals surface area contributed by atoms with Crippen molar-refractivity contribution >= 4 is 27.8 Å². The lowest BCUT2D eigenvalue weighted by Gasteiger charge is -2.12. The fourth-order valence-electron chi connectivity index (χ4n) is 5.07. The molecule has 1 N–H and O–H groups in total. The van der Waals surface area contributed by atoms with E-state index in [2.05, 4.69) is 11.4 Å². The van der Waals surface area contributed by atoms with Crippen molar-refractivity contribution in [1.82, 2.24) is 5.32 Å². The van der Waals surface area contributed by atoms with Crippen LogP contribution in [0.3, 0.4) is 0 Å². The highest BCUT2D eigenvalue weighted by Gasteiger charge is 2.23.